The van der Waals surface area contributed by atoms with Crippen molar-refractivity contribution in [3.05, 3.63) is 44.5 Å². The van der Waals surface area contributed by atoms with Crippen LogP contribution in [0.3, 0.4) is 0 Å². The Bertz CT molecular complexity index is 1060. The molecule has 0 unspecified atom stereocenters. The van der Waals surface area contributed by atoms with Gasteiger partial charge in [-0.1, -0.05) is 38.3 Å². The average Bonchev–Trinajstić information content (AvgIpc) is 3.20. The molecule has 9 heteroatoms. The van der Waals surface area contributed by atoms with Crippen molar-refractivity contribution in [1.82, 2.24) is 15.6 Å². The maximum absolute atomic E-state index is 12.6. The summed E-state index contributed by atoms with van der Waals surface area (Å²) in [5.74, 6) is 1.15. The van der Waals surface area contributed by atoms with Gasteiger partial charge in [-0.25, -0.2) is 9.78 Å². The lowest BCUT2D eigenvalue weighted by Crippen LogP contribution is -2.49. The minimum atomic E-state index is -0.361. The summed E-state index contributed by atoms with van der Waals surface area (Å²) in [6, 6.07) is 7.98. The maximum atomic E-state index is 12.6. The van der Waals surface area contributed by atoms with E-state index >= 15 is 0 Å². The van der Waals surface area contributed by atoms with Gasteiger partial charge < -0.3 is 26.0 Å². The predicted octanol–water partition coefficient (Wildman–Crippen LogP) is 5.23. The zero-order valence-corrected chi connectivity index (χ0v) is 21.8. The van der Waals surface area contributed by atoms with Gasteiger partial charge in [0.15, 0.2) is 0 Å². The lowest BCUT2D eigenvalue weighted by atomic mass is 9.90. The highest BCUT2D eigenvalue weighted by atomic mass is 127. The third kappa shape index (κ3) is 5.73. The molecule has 1 fully saturated rings. The van der Waals surface area contributed by atoms with Gasteiger partial charge in [0, 0.05) is 23.8 Å². The number of aryl methyl sites for hydroxylation is 1. The number of hydrogen-bond acceptors (Lipinski definition) is 6. The third-order valence-electron chi connectivity index (χ3n) is 6.29. The molecule has 1 aliphatic carbocycles. The molecule has 2 amide bonds. The minimum Gasteiger partial charge on any atom is -0.450 e. The SMILES string of the molecule is CCCCOC(=O)N[C@H]1CCCC[C@H]1Nc1nc(Nc2cccc(C)c2)c2c(c1I)CNC2=O. The fourth-order valence-electron chi connectivity index (χ4n) is 4.48. The Balaban J connectivity index is 1.57. The summed E-state index contributed by atoms with van der Waals surface area (Å²) in [6.45, 7) is 5.01. The molecule has 0 spiro atoms. The van der Waals surface area contributed by atoms with Crippen molar-refractivity contribution in [1.29, 1.82) is 0 Å². The number of unbranched alkanes of at least 4 members (excludes halogenated alkanes) is 1. The van der Waals surface area contributed by atoms with Crippen LogP contribution in [0, 0.1) is 10.5 Å². The van der Waals surface area contributed by atoms with E-state index in [4.69, 9.17) is 9.72 Å². The first kappa shape index (κ1) is 24.6. The third-order valence-corrected chi connectivity index (χ3v) is 7.45. The number of hydrogen-bond donors (Lipinski definition) is 4. The molecular weight excluding hydrogens is 545 g/mol. The number of nitrogens with one attached hydrogen (secondary N) is 4. The van der Waals surface area contributed by atoms with E-state index in [1.807, 2.05) is 31.2 Å². The number of alkyl carbamates (subject to hydrolysis) is 1. The molecule has 0 saturated heterocycles. The molecule has 34 heavy (non-hydrogen) atoms. The van der Waals surface area contributed by atoms with Crippen LogP contribution in [0.5, 0.6) is 0 Å². The zero-order valence-electron chi connectivity index (χ0n) is 19.7. The van der Waals surface area contributed by atoms with E-state index < -0.39 is 0 Å². The summed E-state index contributed by atoms with van der Waals surface area (Å²) in [6.07, 6.45) is 5.44. The van der Waals surface area contributed by atoms with Gasteiger partial charge in [0.25, 0.3) is 5.91 Å². The Morgan fingerprint density at radius 3 is 2.79 bits per heavy atom. The fraction of sp³-hybridized carbons (Fsp3) is 0.480. The second-order valence-electron chi connectivity index (χ2n) is 8.93. The maximum Gasteiger partial charge on any atom is 0.407 e. The minimum absolute atomic E-state index is 0.0309. The molecule has 8 nitrogen and oxygen atoms in total. The van der Waals surface area contributed by atoms with E-state index in [-0.39, 0.29) is 24.1 Å². The van der Waals surface area contributed by atoms with Gasteiger partial charge in [0.1, 0.15) is 11.6 Å². The number of pyridine rings is 1. The van der Waals surface area contributed by atoms with E-state index in [0.29, 0.717) is 24.5 Å². The Morgan fingerprint density at radius 2 is 2.03 bits per heavy atom. The van der Waals surface area contributed by atoms with E-state index in [2.05, 4.69) is 50.8 Å². The Kier molecular flexibility index (Phi) is 8.12. The van der Waals surface area contributed by atoms with Gasteiger partial charge in [-0.2, -0.15) is 0 Å². The van der Waals surface area contributed by atoms with Gasteiger partial charge in [0.2, 0.25) is 0 Å². The molecule has 182 valence electrons. The second-order valence-corrected chi connectivity index (χ2v) is 10.0. The molecule has 1 aromatic carbocycles. The largest absolute Gasteiger partial charge is 0.450 e. The number of ether oxygens (including phenoxy) is 1. The molecule has 1 aromatic heterocycles. The number of anilines is 3. The molecule has 4 rings (SSSR count). The van der Waals surface area contributed by atoms with E-state index in [1.54, 1.807) is 0 Å². The summed E-state index contributed by atoms with van der Waals surface area (Å²) in [5, 5.41) is 12.9. The quantitative estimate of drug-likeness (QED) is 0.253. The molecule has 1 aliphatic heterocycles. The van der Waals surface area contributed by atoms with Crippen LogP contribution in [0.15, 0.2) is 24.3 Å². The average molecular weight is 577 g/mol. The number of fused-ring (bicyclic) bond motifs is 1. The zero-order chi connectivity index (χ0) is 24.1. The van der Waals surface area contributed by atoms with Crippen LogP contribution >= 0.6 is 22.6 Å². The first-order valence-corrected chi connectivity index (χ1v) is 13.1. The molecule has 2 aliphatic rings. The van der Waals surface area contributed by atoms with Gasteiger partial charge in [0.05, 0.1) is 21.8 Å². The number of halogens is 1. The summed E-state index contributed by atoms with van der Waals surface area (Å²) in [5.41, 5.74) is 3.54. The van der Waals surface area contributed by atoms with Gasteiger partial charge >= 0.3 is 6.09 Å². The molecular formula is C25H32IN5O3. The molecule has 0 radical (unpaired) electrons. The molecule has 0 bridgehead atoms. The van der Waals surface area contributed by atoms with Crippen molar-refractivity contribution in [2.24, 2.45) is 0 Å². The van der Waals surface area contributed by atoms with Crippen LogP contribution in [0.2, 0.25) is 0 Å². The van der Waals surface area contributed by atoms with Crippen LogP contribution in [0.25, 0.3) is 0 Å². The normalized spacial score (nSPS) is 19.2. The number of aromatic nitrogens is 1. The van der Waals surface area contributed by atoms with Gasteiger partial charge in [-0.15, -0.1) is 0 Å². The van der Waals surface area contributed by atoms with Gasteiger partial charge in [-0.3, -0.25) is 4.79 Å². The smallest absolute Gasteiger partial charge is 0.407 e. The van der Waals surface area contributed by atoms with Gasteiger partial charge in [-0.05, 0) is 66.5 Å². The van der Waals surface area contributed by atoms with Crippen LogP contribution in [0.4, 0.5) is 22.1 Å². The summed E-state index contributed by atoms with van der Waals surface area (Å²) in [4.78, 5) is 29.7. The number of rotatable bonds is 8. The fourth-order valence-corrected chi connectivity index (χ4v) is 5.22. The summed E-state index contributed by atoms with van der Waals surface area (Å²) >= 11 is 2.26. The van der Waals surface area contributed by atoms with E-state index in [1.165, 1.54) is 0 Å². The van der Waals surface area contributed by atoms with E-state index in [9.17, 15) is 9.59 Å². The Morgan fingerprint density at radius 1 is 1.24 bits per heavy atom. The molecule has 2 aromatic rings. The van der Waals surface area contributed by atoms with Crippen molar-refractivity contribution in [2.45, 2.75) is 71.0 Å². The highest BCUT2D eigenvalue weighted by Gasteiger charge is 2.32. The topological polar surface area (TPSA) is 104 Å². The Labute approximate surface area is 214 Å². The van der Waals surface area contributed by atoms with E-state index in [0.717, 1.165) is 64.7 Å². The van der Waals surface area contributed by atoms with Crippen LogP contribution in [0.1, 0.15) is 66.9 Å². The number of nitrogens with zero attached hydrogens (tertiary/aromatic N) is 1. The lowest BCUT2D eigenvalue weighted by Gasteiger charge is -2.33. The molecule has 2 heterocycles. The molecule has 4 N–H and O–H groups in total. The predicted molar refractivity (Wildman–Crippen MR) is 142 cm³/mol. The van der Waals surface area contributed by atoms with Crippen molar-refractivity contribution in [2.75, 3.05) is 17.2 Å². The first-order valence-electron chi connectivity index (χ1n) is 12.0. The molecule has 2 atom stereocenters. The van der Waals surface area contributed by atoms with Crippen LogP contribution < -0.4 is 21.3 Å². The molecule has 1 saturated carbocycles. The van der Waals surface area contributed by atoms with Crippen LogP contribution in [-0.2, 0) is 11.3 Å². The Hall–Kier alpha value is -2.56. The highest BCUT2D eigenvalue weighted by Crippen LogP contribution is 2.34. The summed E-state index contributed by atoms with van der Waals surface area (Å²) in [7, 11) is 0. The standard InChI is InChI=1S/C25H32IN5O3/c1-3-4-12-34-25(33)30-19-11-6-5-10-18(19)29-23-21(26)17-14-27-24(32)20(17)22(31-23)28-16-9-7-8-15(2)13-16/h7-9,13,18-19H,3-6,10-12,14H2,1-2H3,(H,27,32)(H,30,33)(H2,28,29,31)/t18-,19+/m1/s1. The second kappa shape index (κ2) is 11.2. The van der Waals surface area contributed by atoms with Crippen molar-refractivity contribution >= 4 is 51.9 Å². The number of benzene rings is 1. The highest BCUT2D eigenvalue weighted by molar-refractivity contribution is 14.1. The number of carbonyl (C=O) groups is 2. The first-order chi connectivity index (χ1) is 16.5. The number of carbonyl (C=O) groups excluding carboxylic acids is 2. The lowest BCUT2D eigenvalue weighted by molar-refractivity contribution is 0.0966. The monoisotopic (exact) mass is 577 g/mol. The number of amides is 2. The van der Waals surface area contributed by atoms with Crippen LogP contribution in [-0.4, -0.2) is 35.7 Å². The summed E-state index contributed by atoms with van der Waals surface area (Å²) < 4.78 is 6.25. The van der Waals surface area contributed by atoms with Crippen molar-refractivity contribution < 1.29 is 14.3 Å². The van der Waals surface area contributed by atoms with Crippen molar-refractivity contribution in [3.63, 3.8) is 0 Å². The van der Waals surface area contributed by atoms with Crippen molar-refractivity contribution in [3.8, 4) is 0 Å².